The Morgan fingerprint density at radius 1 is 1.07 bits per heavy atom. The number of benzene rings is 2. The summed E-state index contributed by atoms with van der Waals surface area (Å²) in [6.45, 7) is 0. The van der Waals surface area contributed by atoms with E-state index in [2.05, 4.69) is 6.07 Å². The number of furan rings is 1. The first kappa shape index (κ1) is 16.3. The van der Waals surface area contributed by atoms with Crippen LogP contribution in [0.2, 0.25) is 5.02 Å². The summed E-state index contributed by atoms with van der Waals surface area (Å²) >= 11 is 6.48. The number of hydrogen-bond acceptors (Lipinski definition) is 5. The zero-order valence-electron chi connectivity index (χ0n) is 14.6. The minimum absolute atomic E-state index is 0.0187. The van der Waals surface area contributed by atoms with E-state index < -0.39 is 6.23 Å². The molecule has 0 saturated heterocycles. The summed E-state index contributed by atoms with van der Waals surface area (Å²) in [5.41, 5.74) is 2.80. The van der Waals surface area contributed by atoms with Crippen LogP contribution in [0.25, 0.3) is 0 Å². The van der Waals surface area contributed by atoms with E-state index >= 15 is 0 Å². The highest BCUT2D eigenvalue weighted by Gasteiger charge is 2.43. The summed E-state index contributed by atoms with van der Waals surface area (Å²) in [4.78, 5) is 0. The number of rotatable bonds is 3. The molecule has 27 heavy (non-hydrogen) atoms. The normalized spacial score (nSPS) is 20.5. The monoisotopic (exact) mass is 380 g/mol. The SMILES string of the molecule is COc1cccc2c1O[C@H](c1ccccc1Cl)N1N=C(c3ccco3)C[C@@H]21. The number of hydrogen-bond donors (Lipinski definition) is 0. The maximum Gasteiger partial charge on any atom is 0.215 e. The summed E-state index contributed by atoms with van der Waals surface area (Å²) < 4.78 is 17.5. The van der Waals surface area contributed by atoms with Gasteiger partial charge in [-0.25, -0.2) is 5.01 Å². The Bertz CT molecular complexity index is 1020. The quantitative estimate of drug-likeness (QED) is 0.627. The van der Waals surface area contributed by atoms with Crippen molar-refractivity contribution in [3.63, 3.8) is 0 Å². The molecule has 0 unspecified atom stereocenters. The second-order valence-corrected chi connectivity index (χ2v) is 6.90. The van der Waals surface area contributed by atoms with Gasteiger partial charge in [0.15, 0.2) is 11.5 Å². The van der Waals surface area contributed by atoms with E-state index in [-0.39, 0.29) is 6.04 Å². The predicted molar refractivity (Wildman–Crippen MR) is 102 cm³/mol. The number of para-hydroxylation sites is 1. The van der Waals surface area contributed by atoms with Crippen LogP contribution in [0.4, 0.5) is 0 Å². The highest BCUT2D eigenvalue weighted by molar-refractivity contribution is 6.31. The molecule has 3 aromatic rings. The van der Waals surface area contributed by atoms with Crippen molar-refractivity contribution in [1.29, 1.82) is 0 Å². The van der Waals surface area contributed by atoms with Crippen LogP contribution in [0.15, 0.2) is 70.4 Å². The highest BCUT2D eigenvalue weighted by atomic mass is 35.5. The van der Waals surface area contributed by atoms with Crippen molar-refractivity contribution in [1.82, 2.24) is 5.01 Å². The molecule has 0 aliphatic carbocycles. The molecule has 0 radical (unpaired) electrons. The number of ether oxygens (including phenoxy) is 2. The first-order valence-electron chi connectivity index (χ1n) is 8.74. The molecule has 0 amide bonds. The van der Waals surface area contributed by atoms with E-state index in [9.17, 15) is 0 Å². The third-order valence-electron chi connectivity index (χ3n) is 4.98. The number of hydrazone groups is 1. The van der Waals surface area contributed by atoms with Gasteiger partial charge in [-0.3, -0.25) is 0 Å². The molecule has 2 aliphatic rings. The van der Waals surface area contributed by atoms with Crippen LogP contribution in [-0.2, 0) is 0 Å². The maximum atomic E-state index is 6.48. The minimum atomic E-state index is -0.444. The Hall–Kier alpha value is -2.92. The zero-order chi connectivity index (χ0) is 18.4. The largest absolute Gasteiger partial charge is 0.493 e. The smallest absolute Gasteiger partial charge is 0.215 e. The first-order chi connectivity index (χ1) is 13.3. The van der Waals surface area contributed by atoms with Gasteiger partial charge in [0.1, 0.15) is 11.5 Å². The van der Waals surface area contributed by atoms with Crippen molar-refractivity contribution in [3.05, 3.63) is 82.8 Å². The molecule has 1 aromatic heterocycles. The summed E-state index contributed by atoms with van der Waals surface area (Å²) in [5.74, 6) is 2.21. The Morgan fingerprint density at radius 2 is 1.93 bits per heavy atom. The Morgan fingerprint density at radius 3 is 2.70 bits per heavy atom. The Kier molecular flexibility index (Phi) is 3.83. The molecule has 3 heterocycles. The number of fused-ring (bicyclic) bond motifs is 3. The van der Waals surface area contributed by atoms with Gasteiger partial charge in [-0.2, -0.15) is 5.10 Å². The van der Waals surface area contributed by atoms with Gasteiger partial charge in [0.25, 0.3) is 0 Å². The van der Waals surface area contributed by atoms with Gasteiger partial charge in [-0.05, 0) is 24.3 Å². The molecule has 0 saturated carbocycles. The molecule has 0 fully saturated rings. The minimum Gasteiger partial charge on any atom is -0.493 e. The van der Waals surface area contributed by atoms with Crippen molar-refractivity contribution in [2.45, 2.75) is 18.7 Å². The average molecular weight is 381 g/mol. The second kappa shape index (κ2) is 6.35. The molecule has 2 atom stereocenters. The molecule has 6 heteroatoms. The summed E-state index contributed by atoms with van der Waals surface area (Å²) in [6.07, 6.45) is 1.94. The third-order valence-corrected chi connectivity index (χ3v) is 5.32. The standard InChI is InChI=1S/C21H17ClN2O3/c1-25-19-9-4-7-14-17-12-16(18-10-5-11-26-18)23-24(17)21(27-20(14)19)13-6-2-3-8-15(13)22/h2-11,17,21H,12H2,1H3/t17-,21+/m0/s1. The van der Waals surface area contributed by atoms with E-state index in [0.29, 0.717) is 10.8 Å². The third kappa shape index (κ3) is 2.58. The summed E-state index contributed by atoms with van der Waals surface area (Å²) in [7, 11) is 1.65. The van der Waals surface area contributed by atoms with E-state index in [1.165, 1.54) is 0 Å². The van der Waals surface area contributed by atoms with Gasteiger partial charge in [-0.1, -0.05) is 41.9 Å². The lowest BCUT2D eigenvalue weighted by molar-refractivity contribution is -0.0208. The fraction of sp³-hybridized carbons (Fsp3) is 0.190. The summed E-state index contributed by atoms with van der Waals surface area (Å²) in [6, 6.07) is 17.4. The lowest BCUT2D eigenvalue weighted by Crippen LogP contribution is -2.34. The maximum absolute atomic E-state index is 6.48. The first-order valence-corrected chi connectivity index (χ1v) is 9.11. The number of methoxy groups -OCH3 is 1. The molecule has 2 aromatic carbocycles. The van der Waals surface area contributed by atoms with Crippen LogP contribution in [-0.4, -0.2) is 17.8 Å². The van der Waals surface area contributed by atoms with Crippen LogP contribution in [0.1, 0.15) is 35.6 Å². The molecular formula is C21H17ClN2O3. The zero-order valence-corrected chi connectivity index (χ0v) is 15.4. The summed E-state index contributed by atoms with van der Waals surface area (Å²) in [5, 5.41) is 7.45. The molecule has 0 N–H and O–H groups in total. The molecular weight excluding hydrogens is 364 g/mol. The van der Waals surface area contributed by atoms with Crippen LogP contribution in [0, 0.1) is 0 Å². The van der Waals surface area contributed by atoms with Crippen LogP contribution < -0.4 is 9.47 Å². The van der Waals surface area contributed by atoms with Gasteiger partial charge in [0.05, 0.1) is 19.4 Å². The van der Waals surface area contributed by atoms with E-state index in [4.69, 9.17) is 30.6 Å². The number of nitrogens with zero attached hydrogens (tertiary/aromatic N) is 2. The Labute approximate surface area is 161 Å². The topological polar surface area (TPSA) is 47.2 Å². The molecule has 5 nitrogen and oxygen atoms in total. The molecule has 0 spiro atoms. The van der Waals surface area contributed by atoms with Gasteiger partial charge >= 0.3 is 0 Å². The van der Waals surface area contributed by atoms with Crippen LogP contribution in [0.5, 0.6) is 11.5 Å². The van der Waals surface area contributed by atoms with Crippen molar-refractivity contribution in [3.8, 4) is 11.5 Å². The van der Waals surface area contributed by atoms with Gasteiger partial charge in [0.2, 0.25) is 6.23 Å². The molecule has 136 valence electrons. The average Bonchev–Trinajstić information content (AvgIpc) is 3.37. The van der Waals surface area contributed by atoms with Crippen molar-refractivity contribution >= 4 is 17.3 Å². The van der Waals surface area contributed by atoms with Crippen molar-refractivity contribution < 1.29 is 13.9 Å². The van der Waals surface area contributed by atoms with E-state index in [1.807, 2.05) is 53.5 Å². The van der Waals surface area contributed by atoms with E-state index in [0.717, 1.165) is 34.8 Å². The molecule has 0 bridgehead atoms. The van der Waals surface area contributed by atoms with Gasteiger partial charge in [-0.15, -0.1) is 0 Å². The van der Waals surface area contributed by atoms with Crippen LogP contribution in [0.3, 0.4) is 0 Å². The predicted octanol–water partition coefficient (Wildman–Crippen LogP) is 5.18. The van der Waals surface area contributed by atoms with Gasteiger partial charge in [0, 0.05) is 22.6 Å². The Balaban J connectivity index is 1.66. The fourth-order valence-corrected chi connectivity index (χ4v) is 3.95. The van der Waals surface area contributed by atoms with E-state index in [1.54, 1.807) is 13.4 Å². The van der Waals surface area contributed by atoms with Gasteiger partial charge < -0.3 is 13.9 Å². The lowest BCUT2D eigenvalue weighted by Gasteiger charge is -2.38. The second-order valence-electron chi connectivity index (χ2n) is 6.49. The van der Waals surface area contributed by atoms with Crippen molar-refractivity contribution in [2.75, 3.05) is 7.11 Å². The molecule has 2 aliphatic heterocycles. The van der Waals surface area contributed by atoms with Crippen molar-refractivity contribution in [2.24, 2.45) is 5.10 Å². The lowest BCUT2D eigenvalue weighted by atomic mass is 9.97. The fourth-order valence-electron chi connectivity index (χ4n) is 3.72. The highest BCUT2D eigenvalue weighted by Crippen LogP contribution is 2.51. The molecule has 5 rings (SSSR count). The number of halogens is 1. The van der Waals surface area contributed by atoms with Crippen LogP contribution >= 0.6 is 11.6 Å².